The molecule has 0 radical (unpaired) electrons. The summed E-state index contributed by atoms with van der Waals surface area (Å²) in [7, 11) is 0. The van der Waals surface area contributed by atoms with Gasteiger partial charge in [-0.1, -0.05) is 62.2 Å². The molecule has 2 fully saturated rings. The maximum Gasteiger partial charge on any atom is 0.321 e. The standard InChI is InChI=1S/C37H52N4O3/c1-6-27(5)36(37(42)43)40-24-31(34(25-40)30-11-9-10-26(4)20-30)23-39-18-16-29(17-19-39)35-22-32(38-41(35)7-2)21-28-12-14-33(15-13-28)44-8-3/h9-15,20,22,27,29,31,34,36H,6-8,16-19,21,23-25H2,1-5H3,(H,42,43)/t27-,31-,34+,36+/m0/s1. The molecule has 1 N–H and O–H groups in total. The van der Waals surface area contributed by atoms with Gasteiger partial charge in [0.05, 0.1) is 12.3 Å². The number of carboxylic acid groups (broad SMARTS) is 1. The van der Waals surface area contributed by atoms with Gasteiger partial charge in [0.1, 0.15) is 11.8 Å². The monoisotopic (exact) mass is 600 g/mol. The summed E-state index contributed by atoms with van der Waals surface area (Å²) in [6, 6.07) is 19.2. The molecule has 1 aromatic heterocycles. The number of piperidine rings is 1. The van der Waals surface area contributed by atoms with Crippen LogP contribution >= 0.6 is 0 Å². The lowest BCUT2D eigenvalue weighted by atomic mass is 9.86. The Labute approximate surface area is 264 Å². The van der Waals surface area contributed by atoms with Gasteiger partial charge in [-0.05, 0) is 87.9 Å². The predicted octanol–water partition coefficient (Wildman–Crippen LogP) is 6.60. The van der Waals surface area contributed by atoms with E-state index >= 15 is 0 Å². The van der Waals surface area contributed by atoms with Crippen LogP contribution in [0.1, 0.15) is 86.9 Å². The summed E-state index contributed by atoms with van der Waals surface area (Å²) in [5, 5.41) is 15.2. The van der Waals surface area contributed by atoms with Gasteiger partial charge in [0.15, 0.2) is 0 Å². The van der Waals surface area contributed by atoms with Crippen molar-refractivity contribution in [1.82, 2.24) is 19.6 Å². The molecule has 7 nitrogen and oxygen atoms in total. The van der Waals surface area contributed by atoms with Gasteiger partial charge in [0.25, 0.3) is 0 Å². The number of ether oxygens (including phenoxy) is 1. The molecule has 0 spiro atoms. The summed E-state index contributed by atoms with van der Waals surface area (Å²) in [5.74, 6) is 1.64. The Kier molecular flexibility index (Phi) is 10.8. The van der Waals surface area contributed by atoms with Crippen molar-refractivity contribution in [3.05, 3.63) is 82.7 Å². The first-order valence-corrected chi connectivity index (χ1v) is 16.8. The largest absolute Gasteiger partial charge is 0.494 e. The first-order chi connectivity index (χ1) is 21.3. The first kappa shape index (κ1) is 32.2. The summed E-state index contributed by atoms with van der Waals surface area (Å²) in [6.45, 7) is 16.9. The smallest absolute Gasteiger partial charge is 0.321 e. The summed E-state index contributed by atoms with van der Waals surface area (Å²) in [4.78, 5) is 17.3. The summed E-state index contributed by atoms with van der Waals surface area (Å²) in [5.41, 5.74) is 6.38. The second-order valence-corrected chi connectivity index (χ2v) is 13.1. The quantitative estimate of drug-likeness (QED) is 0.239. The van der Waals surface area contributed by atoms with Crippen LogP contribution in [0.15, 0.2) is 54.6 Å². The number of aromatic nitrogens is 2. The number of aryl methyl sites for hydroxylation is 2. The number of hydrogen-bond donors (Lipinski definition) is 1. The lowest BCUT2D eigenvalue weighted by molar-refractivity contribution is -0.145. The van der Waals surface area contributed by atoms with Gasteiger partial charge >= 0.3 is 5.97 Å². The van der Waals surface area contributed by atoms with Crippen molar-refractivity contribution in [2.75, 3.05) is 39.3 Å². The molecule has 44 heavy (non-hydrogen) atoms. The van der Waals surface area contributed by atoms with E-state index in [-0.39, 0.29) is 5.92 Å². The van der Waals surface area contributed by atoms with Crippen molar-refractivity contribution in [3.63, 3.8) is 0 Å². The molecule has 2 saturated heterocycles. The van der Waals surface area contributed by atoms with Crippen LogP contribution in [0, 0.1) is 18.8 Å². The zero-order chi connectivity index (χ0) is 31.2. The van der Waals surface area contributed by atoms with Crippen LogP contribution in [-0.4, -0.2) is 76.0 Å². The van der Waals surface area contributed by atoms with E-state index in [9.17, 15) is 9.90 Å². The van der Waals surface area contributed by atoms with E-state index in [0.29, 0.717) is 24.4 Å². The van der Waals surface area contributed by atoms with Crippen molar-refractivity contribution in [2.45, 2.75) is 84.7 Å². The van der Waals surface area contributed by atoms with E-state index in [0.717, 1.165) is 76.4 Å². The number of carboxylic acids is 1. The molecule has 0 bridgehead atoms. The zero-order valence-electron chi connectivity index (χ0n) is 27.4. The molecule has 5 rings (SSSR count). The Balaban J connectivity index is 1.24. The third kappa shape index (κ3) is 7.55. The van der Waals surface area contributed by atoms with Crippen molar-refractivity contribution >= 4 is 5.97 Å². The number of aliphatic carboxylic acids is 1. The molecular weight excluding hydrogens is 548 g/mol. The molecule has 2 aromatic carbocycles. The second-order valence-electron chi connectivity index (χ2n) is 13.1. The fraction of sp³-hybridized carbons (Fsp3) is 0.568. The topological polar surface area (TPSA) is 70.8 Å². The summed E-state index contributed by atoms with van der Waals surface area (Å²) in [6.07, 6.45) is 3.96. The molecule has 2 aliphatic heterocycles. The molecule has 0 aliphatic carbocycles. The Morgan fingerprint density at radius 1 is 1.05 bits per heavy atom. The molecular formula is C37H52N4O3. The minimum Gasteiger partial charge on any atom is -0.494 e. The number of nitrogens with zero attached hydrogens (tertiary/aromatic N) is 4. The highest BCUT2D eigenvalue weighted by Crippen LogP contribution is 2.38. The van der Waals surface area contributed by atoms with Crippen LogP contribution in [0.3, 0.4) is 0 Å². The van der Waals surface area contributed by atoms with Crippen LogP contribution in [-0.2, 0) is 17.8 Å². The molecule has 238 valence electrons. The Hall–Kier alpha value is -3.16. The van der Waals surface area contributed by atoms with E-state index in [2.05, 4.69) is 84.6 Å². The van der Waals surface area contributed by atoms with Crippen molar-refractivity contribution in [1.29, 1.82) is 0 Å². The molecule has 0 amide bonds. The van der Waals surface area contributed by atoms with Gasteiger partial charge in [0.2, 0.25) is 0 Å². The van der Waals surface area contributed by atoms with E-state index in [1.54, 1.807) is 0 Å². The molecule has 3 aromatic rings. The van der Waals surface area contributed by atoms with Crippen molar-refractivity contribution in [3.8, 4) is 5.75 Å². The highest BCUT2D eigenvalue weighted by Gasteiger charge is 2.42. The minimum absolute atomic E-state index is 0.128. The number of likely N-dealkylation sites (tertiary alicyclic amines) is 2. The third-order valence-corrected chi connectivity index (χ3v) is 10.0. The summed E-state index contributed by atoms with van der Waals surface area (Å²) < 4.78 is 7.82. The first-order valence-electron chi connectivity index (χ1n) is 16.8. The molecule has 0 saturated carbocycles. The maximum absolute atomic E-state index is 12.4. The third-order valence-electron chi connectivity index (χ3n) is 10.0. The lowest BCUT2D eigenvalue weighted by Gasteiger charge is -2.35. The molecule has 3 heterocycles. The normalized spacial score (nSPS) is 21.4. The van der Waals surface area contributed by atoms with Crippen LogP contribution < -0.4 is 4.74 Å². The number of benzene rings is 2. The van der Waals surface area contributed by atoms with E-state index in [4.69, 9.17) is 9.84 Å². The highest BCUT2D eigenvalue weighted by molar-refractivity contribution is 5.74. The molecule has 4 atom stereocenters. The van der Waals surface area contributed by atoms with Gasteiger partial charge in [-0.2, -0.15) is 5.10 Å². The van der Waals surface area contributed by atoms with E-state index in [1.165, 1.54) is 22.4 Å². The average Bonchev–Trinajstić information content (AvgIpc) is 3.62. The van der Waals surface area contributed by atoms with Crippen molar-refractivity contribution in [2.24, 2.45) is 11.8 Å². The van der Waals surface area contributed by atoms with Crippen LogP contribution in [0.25, 0.3) is 0 Å². The van der Waals surface area contributed by atoms with Crippen LogP contribution in [0.5, 0.6) is 5.75 Å². The van der Waals surface area contributed by atoms with E-state index in [1.807, 2.05) is 19.1 Å². The Bertz CT molecular complexity index is 1360. The minimum atomic E-state index is -0.682. The molecule has 2 aliphatic rings. The predicted molar refractivity (Wildman–Crippen MR) is 177 cm³/mol. The molecule has 0 unspecified atom stereocenters. The Morgan fingerprint density at radius 3 is 2.43 bits per heavy atom. The number of carbonyl (C=O) groups is 1. The van der Waals surface area contributed by atoms with Gasteiger partial charge in [-0.15, -0.1) is 0 Å². The Morgan fingerprint density at radius 2 is 1.80 bits per heavy atom. The number of hydrogen-bond acceptors (Lipinski definition) is 5. The second kappa shape index (κ2) is 14.7. The lowest BCUT2D eigenvalue weighted by Crippen LogP contribution is -2.45. The average molecular weight is 601 g/mol. The fourth-order valence-corrected chi connectivity index (χ4v) is 7.56. The highest BCUT2D eigenvalue weighted by atomic mass is 16.5. The zero-order valence-corrected chi connectivity index (χ0v) is 27.4. The van der Waals surface area contributed by atoms with Gasteiger partial charge in [0, 0.05) is 50.1 Å². The fourth-order valence-electron chi connectivity index (χ4n) is 7.56. The van der Waals surface area contributed by atoms with Crippen molar-refractivity contribution < 1.29 is 14.6 Å². The number of rotatable bonds is 13. The maximum atomic E-state index is 12.4. The van der Waals surface area contributed by atoms with E-state index < -0.39 is 12.0 Å². The van der Waals surface area contributed by atoms with Gasteiger partial charge in [-0.3, -0.25) is 14.4 Å². The van der Waals surface area contributed by atoms with Crippen LogP contribution in [0.2, 0.25) is 0 Å². The van der Waals surface area contributed by atoms with Gasteiger partial charge in [-0.25, -0.2) is 0 Å². The molecule has 7 heteroatoms. The summed E-state index contributed by atoms with van der Waals surface area (Å²) >= 11 is 0. The van der Waals surface area contributed by atoms with Gasteiger partial charge < -0.3 is 14.7 Å². The SMILES string of the molecule is CCOc1ccc(Cc2cc(C3CCN(C[C@H]4CN([C@@H](C(=O)O)[C@@H](C)CC)C[C@@H]4c4cccc(C)c4)CC3)n(CC)n2)cc1. The van der Waals surface area contributed by atoms with Crippen LogP contribution in [0.4, 0.5) is 0 Å².